The molecular weight excluding hydrogens is 222 g/mol. The van der Waals surface area contributed by atoms with Gasteiger partial charge in [-0.15, -0.1) is 5.10 Å². The molecule has 0 saturated heterocycles. The molecule has 0 aromatic carbocycles. The number of hydrogen-bond acceptors (Lipinski definition) is 5. The van der Waals surface area contributed by atoms with Crippen molar-refractivity contribution in [1.82, 2.24) is 14.8 Å². The predicted molar refractivity (Wildman–Crippen MR) is 60.8 cm³/mol. The Kier molecular flexibility index (Phi) is 3.58. The second-order valence-corrected chi connectivity index (χ2v) is 4.21. The summed E-state index contributed by atoms with van der Waals surface area (Å²) in [5, 5.41) is 15.6. The van der Waals surface area contributed by atoms with Crippen molar-refractivity contribution < 1.29 is 9.94 Å². The van der Waals surface area contributed by atoms with E-state index in [1.165, 1.54) is 0 Å². The van der Waals surface area contributed by atoms with Crippen molar-refractivity contribution in [2.75, 3.05) is 7.11 Å². The Bertz CT molecular complexity index is 403. The number of nitrogens with zero attached hydrogens (tertiary/aromatic N) is 4. The van der Waals surface area contributed by atoms with Crippen LogP contribution >= 0.6 is 0 Å². The van der Waals surface area contributed by atoms with Gasteiger partial charge in [-0.3, -0.25) is 0 Å². The average molecular weight is 239 g/mol. The molecule has 0 amide bonds. The largest absolute Gasteiger partial charge is 0.409 e. The monoisotopic (exact) mass is 239 g/mol. The number of hydrogen-bond donors (Lipinski definition) is 2. The van der Waals surface area contributed by atoms with Gasteiger partial charge in [0.2, 0.25) is 11.7 Å². The topological polar surface area (TPSA) is 98.6 Å². The molecule has 1 aromatic heterocycles. The average Bonchev–Trinajstić information content (AvgIpc) is 2.87. The zero-order valence-corrected chi connectivity index (χ0v) is 9.78. The van der Waals surface area contributed by atoms with Gasteiger partial charge in [0.25, 0.3) is 0 Å². The normalized spacial score (nSPS) is 26.1. The third-order valence-electron chi connectivity index (χ3n) is 3.15. The van der Waals surface area contributed by atoms with Gasteiger partial charge in [-0.25, -0.2) is 9.67 Å². The van der Waals surface area contributed by atoms with Crippen molar-refractivity contribution in [3.63, 3.8) is 0 Å². The van der Waals surface area contributed by atoms with Crippen LogP contribution in [0.5, 0.6) is 0 Å². The van der Waals surface area contributed by atoms with Crippen LogP contribution in [0.4, 0.5) is 0 Å². The Labute approximate surface area is 99.3 Å². The van der Waals surface area contributed by atoms with Crippen LogP contribution in [-0.4, -0.2) is 39.0 Å². The van der Waals surface area contributed by atoms with Crippen LogP contribution in [0.25, 0.3) is 0 Å². The van der Waals surface area contributed by atoms with Crippen molar-refractivity contribution in [2.45, 2.75) is 37.8 Å². The van der Waals surface area contributed by atoms with Crippen molar-refractivity contribution in [3.05, 3.63) is 12.2 Å². The molecule has 0 aliphatic heterocycles. The number of nitrogens with two attached hydrogens (primary N) is 1. The zero-order valence-electron chi connectivity index (χ0n) is 9.78. The molecule has 2 atom stereocenters. The third kappa shape index (κ3) is 2.55. The van der Waals surface area contributed by atoms with Crippen LogP contribution in [0.2, 0.25) is 0 Å². The van der Waals surface area contributed by atoms with E-state index in [0.29, 0.717) is 0 Å². The fourth-order valence-electron chi connectivity index (χ4n) is 2.19. The molecule has 94 valence electrons. The first-order chi connectivity index (χ1) is 8.24. The maximum absolute atomic E-state index is 8.54. The maximum Gasteiger partial charge on any atom is 0.219 e. The second kappa shape index (κ2) is 5.13. The molecule has 2 unspecified atom stereocenters. The molecule has 1 heterocycles. The summed E-state index contributed by atoms with van der Waals surface area (Å²) in [5.74, 6) is 0.190. The molecule has 1 fully saturated rings. The van der Waals surface area contributed by atoms with Crippen LogP contribution in [0, 0.1) is 0 Å². The molecule has 7 nitrogen and oxygen atoms in total. The Morgan fingerprint density at radius 3 is 3.18 bits per heavy atom. The Morgan fingerprint density at radius 1 is 1.65 bits per heavy atom. The molecule has 0 bridgehead atoms. The number of ether oxygens (including phenoxy) is 1. The standard InChI is InChI=1S/C10H17N5O2/c1-17-8-4-2-3-7(5-8)15-6-12-10(13-15)9(11)14-16/h6-8,16H,2-5H2,1H3,(H2,11,14). The zero-order chi connectivity index (χ0) is 12.3. The lowest BCUT2D eigenvalue weighted by molar-refractivity contribution is 0.0507. The van der Waals surface area contributed by atoms with Gasteiger partial charge in [-0.1, -0.05) is 5.16 Å². The highest BCUT2D eigenvalue weighted by molar-refractivity contribution is 5.93. The lowest BCUT2D eigenvalue weighted by Crippen LogP contribution is -2.25. The van der Waals surface area contributed by atoms with Crippen LogP contribution in [0.3, 0.4) is 0 Å². The predicted octanol–water partition coefficient (Wildman–Crippen LogP) is 0.503. The molecule has 1 saturated carbocycles. The Hall–Kier alpha value is -1.63. The second-order valence-electron chi connectivity index (χ2n) is 4.21. The highest BCUT2D eigenvalue weighted by atomic mass is 16.5. The minimum Gasteiger partial charge on any atom is -0.409 e. The number of oxime groups is 1. The molecule has 3 N–H and O–H groups in total. The van der Waals surface area contributed by atoms with Gasteiger partial charge >= 0.3 is 0 Å². The number of amidine groups is 1. The van der Waals surface area contributed by atoms with Gasteiger partial charge in [0.15, 0.2) is 0 Å². The molecule has 1 aliphatic rings. The molecule has 2 rings (SSSR count). The smallest absolute Gasteiger partial charge is 0.219 e. The van der Waals surface area contributed by atoms with Crippen LogP contribution in [0.1, 0.15) is 37.5 Å². The van der Waals surface area contributed by atoms with E-state index in [1.54, 1.807) is 18.1 Å². The first-order valence-corrected chi connectivity index (χ1v) is 5.66. The number of methoxy groups -OCH3 is 1. The Balaban J connectivity index is 2.09. The summed E-state index contributed by atoms with van der Waals surface area (Å²) in [6.45, 7) is 0. The number of rotatable bonds is 3. The summed E-state index contributed by atoms with van der Waals surface area (Å²) in [6.07, 6.45) is 6.09. The Morgan fingerprint density at radius 2 is 2.47 bits per heavy atom. The van der Waals surface area contributed by atoms with E-state index >= 15 is 0 Å². The van der Waals surface area contributed by atoms with Gasteiger partial charge in [0, 0.05) is 7.11 Å². The summed E-state index contributed by atoms with van der Waals surface area (Å²) in [5.41, 5.74) is 5.43. The van der Waals surface area contributed by atoms with E-state index in [9.17, 15) is 0 Å². The van der Waals surface area contributed by atoms with E-state index in [1.807, 2.05) is 0 Å². The summed E-state index contributed by atoms with van der Waals surface area (Å²) < 4.78 is 7.14. The molecule has 1 aliphatic carbocycles. The highest BCUT2D eigenvalue weighted by Gasteiger charge is 2.24. The molecule has 0 spiro atoms. The number of aromatic nitrogens is 3. The molecule has 0 radical (unpaired) electrons. The fraction of sp³-hybridized carbons (Fsp3) is 0.700. The van der Waals surface area contributed by atoms with Crippen molar-refractivity contribution in [2.24, 2.45) is 10.9 Å². The van der Waals surface area contributed by atoms with E-state index in [2.05, 4.69) is 15.2 Å². The van der Waals surface area contributed by atoms with E-state index in [-0.39, 0.29) is 23.8 Å². The summed E-state index contributed by atoms with van der Waals surface area (Å²) >= 11 is 0. The SMILES string of the molecule is COC1CCCC(n2cnc(C(N)=NO)n2)C1. The van der Waals surface area contributed by atoms with E-state index in [4.69, 9.17) is 15.7 Å². The quantitative estimate of drug-likeness (QED) is 0.346. The fourth-order valence-corrected chi connectivity index (χ4v) is 2.19. The van der Waals surface area contributed by atoms with Crippen LogP contribution in [0.15, 0.2) is 11.5 Å². The first kappa shape index (κ1) is 11.8. The van der Waals surface area contributed by atoms with Crippen LogP contribution in [-0.2, 0) is 4.74 Å². The highest BCUT2D eigenvalue weighted by Crippen LogP contribution is 2.29. The third-order valence-corrected chi connectivity index (χ3v) is 3.15. The van der Waals surface area contributed by atoms with Crippen LogP contribution < -0.4 is 5.73 Å². The van der Waals surface area contributed by atoms with Crippen molar-refractivity contribution in [1.29, 1.82) is 0 Å². The lowest BCUT2D eigenvalue weighted by Gasteiger charge is -2.27. The van der Waals surface area contributed by atoms with Gasteiger partial charge in [-0.2, -0.15) is 0 Å². The molecule has 1 aromatic rings. The minimum atomic E-state index is -0.0668. The van der Waals surface area contributed by atoms with E-state index in [0.717, 1.165) is 25.7 Å². The first-order valence-electron chi connectivity index (χ1n) is 5.66. The lowest BCUT2D eigenvalue weighted by atomic mass is 9.93. The molecule has 7 heteroatoms. The molecular formula is C10H17N5O2. The van der Waals surface area contributed by atoms with Gasteiger partial charge in [0.1, 0.15) is 6.33 Å². The van der Waals surface area contributed by atoms with Gasteiger partial charge in [0.05, 0.1) is 12.1 Å². The summed E-state index contributed by atoms with van der Waals surface area (Å²) in [7, 11) is 1.73. The van der Waals surface area contributed by atoms with Crippen molar-refractivity contribution in [3.8, 4) is 0 Å². The summed E-state index contributed by atoms with van der Waals surface area (Å²) in [6, 6.07) is 0.279. The van der Waals surface area contributed by atoms with E-state index < -0.39 is 0 Å². The van der Waals surface area contributed by atoms with Crippen molar-refractivity contribution >= 4 is 5.84 Å². The molecule has 17 heavy (non-hydrogen) atoms. The maximum atomic E-state index is 8.54. The minimum absolute atomic E-state index is 0.0668. The summed E-state index contributed by atoms with van der Waals surface area (Å²) in [4.78, 5) is 4.01. The van der Waals surface area contributed by atoms with Gasteiger partial charge in [-0.05, 0) is 25.7 Å². The van der Waals surface area contributed by atoms with Gasteiger partial charge < -0.3 is 15.7 Å².